The Hall–Kier alpha value is -5.56. The molecule has 0 aliphatic carbocycles. The smallest absolute Gasteiger partial charge is 0.306 e. The molecule has 14 heteroatoms. The second kappa shape index (κ2) is 17.3. The van der Waals surface area contributed by atoms with E-state index in [-0.39, 0.29) is 23.7 Å². The maximum atomic E-state index is 11.5. The summed E-state index contributed by atoms with van der Waals surface area (Å²) in [6.07, 6.45) is 3.58. The van der Waals surface area contributed by atoms with Crippen molar-refractivity contribution in [2.45, 2.75) is 97.8 Å². The summed E-state index contributed by atoms with van der Waals surface area (Å²) >= 11 is 0. The number of carboxylic acid groups (broad SMARTS) is 1. The lowest BCUT2D eigenvalue weighted by Crippen LogP contribution is -2.40. The molecular weight excluding hydrogens is 797 g/mol. The molecule has 0 amide bonds. The highest BCUT2D eigenvalue weighted by Crippen LogP contribution is 2.39. The SMILES string of the molecule is Cc1c(Nc2nc(CO[Si](C)(C)C(C)(C)C)nc3cc(CN4CCC(O)C4)cnc23)cccc1-c1cccc(-c2nc3cc(CN4CCC(C(=O)O)CC4)cc(C#N)c3o2)c1C. The molecule has 322 valence electrons. The van der Waals surface area contributed by atoms with Crippen LogP contribution in [0, 0.1) is 31.1 Å². The van der Waals surface area contributed by atoms with Crippen LogP contribution in [0.1, 0.15) is 73.7 Å². The van der Waals surface area contributed by atoms with Gasteiger partial charge in [-0.05, 0) is 128 Å². The van der Waals surface area contributed by atoms with Gasteiger partial charge in [0.05, 0.1) is 29.7 Å². The van der Waals surface area contributed by atoms with Crippen molar-refractivity contribution in [2.75, 3.05) is 31.5 Å². The van der Waals surface area contributed by atoms with Gasteiger partial charge < -0.3 is 24.4 Å². The molecule has 8 rings (SSSR count). The first-order valence-corrected chi connectivity index (χ1v) is 24.4. The van der Waals surface area contributed by atoms with Crippen LogP contribution in [0.4, 0.5) is 11.5 Å². The van der Waals surface area contributed by atoms with Gasteiger partial charge in [0.2, 0.25) is 5.89 Å². The number of rotatable bonds is 12. The number of nitrogens with zero attached hydrogens (tertiary/aromatic N) is 7. The molecule has 2 saturated heterocycles. The predicted octanol–water partition coefficient (Wildman–Crippen LogP) is 9.12. The van der Waals surface area contributed by atoms with Crippen LogP contribution < -0.4 is 5.32 Å². The molecule has 2 aliphatic heterocycles. The minimum Gasteiger partial charge on any atom is -0.481 e. The molecule has 3 aromatic carbocycles. The van der Waals surface area contributed by atoms with E-state index in [1.807, 2.05) is 42.6 Å². The number of aliphatic hydroxyl groups excluding tert-OH is 1. The lowest BCUT2D eigenvalue weighted by Gasteiger charge is -2.35. The number of nitriles is 1. The fourth-order valence-corrected chi connectivity index (χ4v) is 9.27. The zero-order chi connectivity index (χ0) is 43.9. The molecule has 5 heterocycles. The van der Waals surface area contributed by atoms with Crippen molar-refractivity contribution in [1.82, 2.24) is 29.7 Å². The van der Waals surface area contributed by atoms with Gasteiger partial charge in [-0.25, -0.2) is 15.0 Å². The molecule has 2 aliphatic rings. The molecular formula is C48H56N8O5Si. The first-order valence-electron chi connectivity index (χ1n) is 21.5. The number of benzene rings is 3. The van der Waals surface area contributed by atoms with E-state index >= 15 is 0 Å². The number of piperidine rings is 1. The van der Waals surface area contributed by atoms with Crippen LogP contribution in [0.2, 0.25) is 18.1 Å². The summed E-state index contributed by atoms with van der Waals surface area (Å²) in [5, 5.41) is 33.4. The molecule has 0 saturated carbocycles. The molecule has 0 radical (unpaired) electrons. The average Bonchev–Trinajstić information content (AvgIpc) is 3.86. The molecule has 0 spiro atoms. The minimum atomic E-state index is -2.10. The maximum Gasteiger partial charge on any atom is 0.306 e. The van der Waals surface area contributed by atoms with Crippen LogP contribution in [0.15, 0.2) is 65.2 Å². The van der Waals surface area contributed by atoms with Gasteiger partial charge in [-0.3, -0.25) is 19.6 Å². The van der Waals surface area contributed by atoms with E-state index in [1.165, 1.54) is 0 Å². The monoisotopic (exact) mass is 852 g/mol. The van der Waals surface area contributed by atoms with Gasteiger partial charge in [0.25, 0.3) is 0 Å². The highest BCUT2D eigenvalue weighted by molar-refractivity contribution is 6.74. The Labute approximate surface area is 363 Å². The molecule has 3 N–H and O–H groups in total. The Morgan fingerprint density at radius 2 is 1.60 bits per heavy atom. The Morgan fingerprint density at radius 1 is 0.919 bits per heavy atom. The Balaban J connectivity index is 1.09. The van der Waals surface area contributed by atoms with Crippen LogP contribution >= 0.6 is 0 Å². The summed E-state index contributed by atoms with van der Waals surface area (Å²) in [7, 11) is -2.10. The summed E-state index contributed by atoms with van der Waals surface area (Å²) in [6.45, 7) is 19.7. The highest BCUT2D eigenvalue weighted by Gasteiger charge is 2.37. The summed E-state index contributed by atoms with van der Waals surface area (Å²) in [4.78, 5) is 35.8. The van der Waals surface area contributed by atoms with E-state index in [1.54, 1.807) is 0 Å². The van der Waals surface area contributed by atoms with Gasteiger partial charge in [0, 0.05) is 43.6 Å². The highest BCUT2D eigenvalue weighted by atomic mass is 28.4. The fourth-order valence-electron chi connectivity index (χ4n) is 8.35. The number of carbonyl (C=O) groups is 1. The summed E-state index contributed by atoms with van der Waals surface area (Å²) in [5.74, 6) is 0.586. The first-order chi connectivity index (χ1) is 29.6. The van der Waals surface area contributed by atoms with Gasteiger partial charge in [-0.15, -0.1) is 0 Å². The third kappa shape index (κ3) is 9.00. The number of nitrogens with one attached hydrogen (secondary N) is 1. The van der Waals surface area contributed by atoms with E-state index in [0.29, 0.717) is 85.3 Å². The lowest BCUT2D eigenvalue weighted by molar-refractivity contribution is -0.143. The molecule has 3 aromatic heterocycles. The normalized spacial score (nSPS) is 16.9. The number of carboxylic acids is 1. The van der Waals surface area contributed by atoms with Gasteiger partial charge in [-0.2, -0.15) is 5.26 Å². The van der Waals surface area contributed by atoms with Crippen LogP contribution in [0.5, 0.6) is 0 Å². The van der Waals surface area contributed by atoms with Crippen molar-refractivity contribution in [1.29, 1.82) is 5.26 Å². The Kier molecular flexibility index (Phi) is 12.0. The van der Waals surface area contributed by atoms with Crippen LogP contribution in [0.3, 0.4) is 0 Å². The number of oxazole rings is 1. The number of aliphatic carboxylic acids is 1. The summed E-state index contributed by atoms with van der Waals surface area (Å²) < 4.78 is 13.0. The summed E-state index contributed by atoms with van der Waals surface area (Å²) in [5.41, 5.74) is 10.6. The average molecular weight is 853 g/mol. The number of pyridine rings is 1. The number of hydrogen-bond acceptors (Lipinski definition) is 12. The maximum absolute atomic E-state index is 11.5. The second-order valence-electron chi connectivity index (χ2n) is 18.5. The molecule has 2 fully saturated rings. The summed E-state index contributed by atoms with van der Waals surface area (Å²) in [6, 6.07) is 20.5. The standard InChI is InChI=1S/C48H56N8O5Si/c1-29-36(10-8-12-38(29)46-53-41-21-31(20-34(23-49)44(41)61-46)25-55-17-14-33(15-18-55)47(58)59)37-11-9-13-39(30(37)2)52-45-43-40(22-32(24-50-43)26-56-19-16-35(57)27-56)51-42(54-45)28-60-62(6,7)48(3,4)5/h8-13,20-22,24,33,35,57H,14-19,25-28H2,1-7H3,(H,58,59)(H,51,52,54). The Bertz CT molecular complexity index is 2700. The second-order valence-corrected chi connectivity index (χ2v) is 23.3. The van der Waals surface area contributed by atoms with Crippen molar-refractivity contribution in [3.8, 4) is 28.7 Å². The molecule has 1 atom stereocenters. The number of aromatic nitrogens is 4. The van der Waals surface area contributed by atoms with Crippen molar-refractivity contribution in [3.05, 3.63) is 94.4 Å². The van der Waals surface area contributed by atoms with E-state index in [2.05, 4.69) is 87.1 Å². The minimum absolute atomic E-state index is 0.0289. The van der Waals surface area contributed by atoms with Crippen molar-refractivity contribution >= 4 is 47.9 Å². The number of anilines is 2. The molecule has 62 heavy (non-hydrogen) atoms. The lowest BCUT2D eigenvalue weighted by atomic mass is 9.93. The van der Waals surface area contributed by atoms with E-state index in [0.717, 1.165) is 63.1 Å². The molecule has 13 nitrogen and oxygen atoms in total. The van der Waals surface area contributed by atoms with E-state index in [9.17, 15) is 20.3 Å². The Morgan fingerprint density at radius 3 is 2.29 bits per heavy atom. The number of β-amino-alcohol motifs (C(OH)–C–C–N with tert-alkyl or cyclic N) is 1. The van der Waals surface area contributed by atoms with Crippen LogP contribution in [0.25, 0.3) is 44.7 Å². The van der Waals surface area contributed by atoms with Crippen LogP contribution in [-0.2, 0) is 28.9 Å². The third-order valence-electron chi connectivity index (χ3n) is 13.1. The molecule has 1 unspecified atom stereocenters. The van der Waals surface area contributed by atoms with Gasteiger partial charge >= 0.3 is 5.97 Å². The van der Waals surface area contributed by atoms with Gasteiger partial charge in [0.15, 0.2) is 25.5 Å². The van der Waals surface area contributed by atoms with Gasteiger partial charge in [0.1, 0.15) is 17.1 Å². The third-order valence-corrected chi connectivity index (χ3v) is 17.6. The van der Waals surface area contributed by atoms with Crippen molar-refractivity contribution in [2.24, 2.45) is 5.92 Å². The number of hydrogen-bond donors (Lipinski definition) is 3. The van der Waals surface area contributed by atoms with E-state index in [4.69, 9.17) is 28.8 Å². The van der Waals surface area contributed by atoms with Crippen molar-refractivity contribution in [3.63, 3.8) is 0 Å². The fraction of sp³-hybridized carbons (Fsp3) is 0.417. The largest absolute Gasteiger partial charge is 0.481 e. The van der Waals surface area contributed by atoms with E-state index < -0.39 is 14.3 Å². The quantitative estimate of drug-likeness (QED) is 0.0996. The zero-order valence-corrected chi connectivity index (χ0v) is 37.7. The molecule has 6 aromatic rings. The number of likely N-dealkylation sites (tertiary alicyclic amines) is 2. The van der Waals surface area contributed by atoms with Crippen LogP contribution in [-0.4, -0.2) is 86.5 Å². The zero-order valence-electron chi connectivity index (χ0n) is 36.7. The topological polar surface area (TPSA) is 174 Å². The number of aliphatic hydroxyl groups is 1. The predicted molar refractivity (Wildman–Crippen MR) is 243 cm³/mol. The molecule has 0 bridgehead atoms. The van der Waals surface area contributed by atoms with Gasteiger partial charge in [-0.1, -0.05) is 45.0 Å². The van der Waals surface area contributed by atoms with Crippen molar-refractivity contribution < 1.29 is 23.9 Å². The number of fused-ring (bicyclic) bond motifs is 2. The first kappa shape index (κ1) is 43.1.